The molecule has 10 heteroatoms. The van der Waals surface area contributed by atoms with Crippen molar-refractivity contribution in [2.24, 2.45) is 0 Å². The van der Waals surface area contributed by atoms with Crippen molar-refractivity contribution < 1.29 is 27.1 Å². The van der Waals surface area contributed by atoms with E-state index >= 15 is 0 Å². The maximum absolute atomic E-state index is 13.6. The van der Waals surface area contributed by atoms with Crippen molar-refractivity contribution in [1.29, 1.82) is 0 Å². The molecule has 1 unspecified atom stereocenters. The predicted octanol–water partition coefficient (Wildman–Crippen LogP) is 3.92. The van der Waals surface area contributed by atoms with Gasteiger partial charge in [-0.3, -0.25) is 18.7 Å². The van der Waals surface area contributed by atoms with Crippen LogP contribution in [0.2, 0.25) is 0 Å². The van der Waals surface area contributed by atoms with E-state index in [-0.39, 0.29) is 51.6 Å². The fraction of sp³-hybridized carbons (Fsp3) is 0.231. The Morgan fingerprint density at radius 3 is 1.92 bits per heavy atom. The number of carbonyl (C=O) groups excluding carboxylic acids is 2. The fourth-order valence-corrected chi connectivity index (χ4v) is 9.26. The topological polar surface area (TPSA) is 115 Å². The van der Waals surface area contributed by atoms with Crippen LogP contribution in [0.4, 0.5) is 0 Å². The van der Waals surface area contributed by atoms with Gasteiger partial charge in [0.1, 0.15) is 5.25 Å². The van der Waals surface area contributed by atoms with Gasteiger partial charge in [-0.05, 0) is 36.4 Å². The van der Waals surface area contributed by atoms with Crippen LogP contribution in [0.1, 0.15) is 31.5 Å². The van der Waals surface area contributed by atoms with Crippen LogP contribution in [0.3, 0.4) is 0 Å². The summed E-state index contributed by atoms with van der Waals surface area (Å²) in [5.74, 6) is -0.876. The van der Waals surface area contributed by atoms with Crippen LogP contribution in [-0.2, 0) is 9.84 Å². The van der Waals surface area contributed by atoms with Crippen LogP contribution in [0.25, 0.3) is 0 Å². The van der Waals surface area contributed by atoms with E-state index in [4.69, 9.17) is 0 Å². The quantitative estimate of drug-likeness (QED) is 0.533. The normalized spacial score (nSPS) is 20.0. The maximum atomic E-state index is 13.6. The third kappa shape index (κ3) is 4.30. The number of fused-ring (bicyclic) bond motifs is 1. The lowest BCUT2D eigenvalue weighted by Gasteiger charge is -2.35. The molecule has 5 rings (SSSR count). The molecule has 1 fully saturated rings. The first-order valence-electron chi connectivity index (χ1n) is 11.5. The van der Waals surface area contributed by atoms with Gasteiger partial charge in [0.25, 0.3) is 11.8 Å². The van der Waals surface area contributed by atoms with Gasteiger partial charge in [-0.1, -0.05) is 42.5 Å². The lowest BCUT2D eigenvalue weighted by Crippen LogP contribution is -2.50. The molecule has 2 aliphatic heterocycles. The lowest BCUT2D eigenvalue weighted by atomic mass is 10.0. The number of nitrogens with zero attached hydrogens (tertiary/aromatic N) is 2. The molecule has 36 heavy (non-hydrogen) atoms. The molecule has 2 heterocycles. The van der Waals surface area contributed by atoms with Crippen LogP contribution in [-0.4, -0.2) is 71.1 Å². The van der Waals surface area contributed by atoms with Gasteiger partial charge in [0.05, 0.1) is 15.5 Å². The summed E-state index contributed by atoms with van der Waals surface area (Å²) in [6.07, 6.45) is 0. The van der Waals surface area contributed by atoms with E-state index in [9.17, 15) is 27.1 Å². The van der Waals surface area contributed by atoms with Crippen LogP contribution in [0, 0.1) is 0 Å². The van der Waals surface area contributed by atoms with Crippen molar-refractivity contribution in [3.63, 3.8) is 0 Å². The van der Waals surface area contributed by atoms with Gasteiger partial charge in [-0.25, -0.2) is 8.42 Å². The SMILES string of the molecule is O=C(c1ccccc1)N1CCN(C(=O)c2cccc3c2C(S(=O)(=O)c2ccccc2)CS3(O)O)CC1. The van der Waals surface area contributed by atoms with Crippen molar-refractivity contribution in [3.05, 3.63) is 95.6 Å². The average molecular weight is 527 g/mol. The molecule has 2 aliphatic rings. The molecule has 0 aliphatic carbocycles. The Balaban J connectivity index is 1.42. The highest BCUT2D eigenvalue weighted by Gasteiger charge is 2.45. The Kier molecular flexibility index (Phi) is 6.37. The average Bonchev–Trinajstić information content (AvgIpc) is 3.20. The predicted molar refractivity (Wildman–Crippen MR) is 137 cm³/mol. The van der Waals surface area contributed by atoms with Crippen molar-refractivity contribution in [1.82, 2.24) is 9.80 Å². The lowest BCUT2D eigenvalue weighted by molar-refractivity contribution is 0.0534. The molecule has 3 aromatic carbocycles. The summed E-state index contributed by atoms with van der Waals surface area (Å²) in [7, 11) is -7.37. The molecule has 0 radical (unpaired) electrons. The van der Waals surface area contributed by atoms with Crippen LogP contribution in [0.5, 0.6) is 0 Å². The van der Waals surface area contributed by atoms with Crippen LogP contribution in [0.15, 0.2) is 88.7 Å². The summed E-state index contributed by atoms with van der Waals surface area (Å²) < 4.78 is 48.5. The minimum absolute atomic E-state index is 0.0633. The third-order valence-electron chi connectivity index (χ3n) is 6.68. The van der Waals surface area contributed by atoms with Crippen molar-refractivity contribution >= 4 is 32.2 Å². The number of piperazine rings is 1. The van der Waals surface area contributed by atoms with Gasteiger partial charge in [0, 0.05) is 42.9 Å². The number of rotatable bonds is 4. The highest BCUT2D eigenvalue weighted by atomic mass is 32.3. The Morgan fingerprint density at radius 1 is 0.750 bits per heavy atom. The van der Waals surface area contributed by atoms with Gasteiger partial charge >= 0.3 is 0 Å². The molecule has 1 atom stereocenters. The largest absolute Gasteiger partial charge is 0.335 e. The van der Waals surface area contributed by atoms with Gasteiger partial charge in [0.2, 0.25) is 0 Å². The number of amides is 2. The molecule has 3 aromatic rings. The highest BCUT2D eigenvalue weighted by Crippen LogP contribution is 2.62. The smallest absolute Gasteiger partial charge is 0.254 e. The van der Waals surface area contributed by atoms with E-state index in [2.05, 4.69) is 0 Å². The zero-order valence-corrected chi connectivity index (χ0v) is 21.0. The van der Waals surface area contributed by atoms with E-state index in [0.29, 0.717) is 18.7 Å². The summed E-state index contributed by atoms with van der Waals surface area (Å²) >= 11 is 0. The first-order chi connectivity index (χ1) is 17.2. The summed E-state index contributed by atoms with van der Waals surface area (Å²) in [4.78, 5) is 29.8. The van der Waals surface area contributed by atoms with E-state index in [1.165, 1.54) is 24.3 Å². The zero-order valence-electron chi connectivity index (χ0n) is 19.4. The minimum Gasteiger partial charge on any atom is -0.335 e. The second-order valence-corrected chi connectivity index (χ2v) is 13.1. The molecule has 1 saturated heterocycles. The second-order valence-electron chi connectivity index (χ2n) is 8.85. The second kappa shape index (κ2) is 9.36. The molecule has 2 amide bonds. The van der Waals surface area contributed by atoms with E-state index < -0.39 is 25.7 Å². The zero-order chi connectivity index (χ0) is 25.5. The standard InChI is InChI=1S/C26H26N2O6S2/c29-25(19-8-3-1-4-9-19)27-14-16-28(17-15-27)26(30)21-12-7-13-22-24(21)23(18-35(22,31)32)36(33,34)20-10-5-2-6-11-20/h1-13,23,31-32H,14-18H2. The first-order valence-corrected chi connectivity index (χ1v) is 14.8. The molecule has 188 valence electrons. The van der Waals surface area contributed by atoms with Gasteiger partial charge in [-0.15, -0.1) is 0 Å². The molecule has 0 spiro atoms. The molecule has 0 bridgehead atoms. The van der Waals surface area contributed by atoms with Gasteiger partial charge in [0.15, 0.2) is 9.84 Å². The molecule has 2 N–H and O–H groups in total. The van der Waals surface area contributed by atoms with Gasteiger partial charge in [-0.2, -0.15) is 10.6 Å². The van der Waals surface area contributed by atoms with E-state index in [0.717, 1.165) is 0 Å². The highest BCUT2D eigenvalue weighted by molar-refractivity contribution is 8.25. The van der Waals surface area contributed by atoms with Crippen LogP contribution < -0.4 is 0 Å². The van der Waals surface area contributed by atoms with E-state index in [1.54, 1.807) is 58.3 Å². The maximum Gasteiger partial charge on any atom is 0.254 e. The molecular formula is C26H26N2O6S2. The summed E-state index contributed by atoms with van der Waals surface area (Å²) in [6, 6.07) is 21.3. The summed E-state index contributed by atoms with van der Waals surface area (Å²) in [5.41, 5.74) is 0.892. The first kappa shape index (κ1) is 24.5. The Morgan fingerprint density at radius 2 is 1.31 bits per heavy atom. The molecule has 8 nitrogen and oxygen atoms in total. The minimum atomic E-state index is -3.98. The van der Waals surface area contributed by atoms with E-state index in [1.807, 2.05) is 6.07 Å². The van der Waals surface area contributed by atoms with Crippen molar-refractivity contribution in [2.45, 2.75) is 15.0 Å². The third-order valence-corrected chi connectivity index (χ3v) is 10.8. The fourth-order valence-electron chi connectivity index (χ4n) is 4.80. The Hall–Kier alpha value is -3.18. The monoisotopic (exact) mass is 526 g/mol. The number of carbonyl (C=O) groups is 2. The van der Waals surface area contributed by atoms with Crippen LogP contribution >= 0.6 is 10.6 Å². The Bertz CT molecular complexity index is 1400. The number of hydrogen-bond donors (Lipinski definition) is 2. The number of benzene rings is 3. The molecular weight excluding hydrogens is 500 g/mol. The number of sulfone groups is 1. The van der Waals surface area contributed by atoms with Crippen molar-refractivity contribution in [2.75, 3.05) is 31.9 Å². The molecule has 0 aromatic heterocycles. The van der Waals surface area contributed by atoms with Gasteiger partial charge < -0.3 is 9.80 Å². The molecule has 0 saturated carbocycles. The van der Waals surface area contributed by atoms with Crippen molar-refractivity contribution in [3.8, 4) is 0 Å². The summed E-state index contributed by atoms with van der Waals surface area (Å²) in [6.45, 7) is 1.26. The number of hydrogen-bond acceptors (Lipinski definition) is 6. The summed E-state index contributed by atoms with van der Waals surface area (Å²) in [5, 5.41) is -1.25. The Labute approximate surface area is 211 Å².